The van der Waals surface area contributed by atoms with E-state index in [0.29, 0.717) is 71.8 Å². The second-order valence-corrected chi connectivity index (χ2v) is 14.7. The van der Waals surface area contributed by atoms with Crippen LogP contribution in [0.4, 0.5) is 5.69 Å². The molecule has 2 saturated carbocycles. The Morgan fingerprint density at radius 1 is 1.02 bits per heavy atom. The third-order valence-corrected chi connectivity index (χ3v) is 11.5. The van der Waals surface area contributed by atoms with Crippen molar-refractivity contribution in [3.63, 3.8) is 0 Å². The number of rotatable bonds is 9. The van der Waals surface area contributed by atoms with Crippen LogP contribution in [0.2, 0.25) is 10.0 Å². The Bertz CT molecular complexity index is 1600. The molecule has 3 atom stereocenters. The molecule has 2 aromatic carbocycles. The van der Waals surface area contributed by atoms with Gasteiger partial charge in [-0.05, 0) is 74.9 Å². The smallest absolute Gasteiger partial charge is 0.264 e. The zero-order valence-corrected chi connectivity index (χ0v) is 25.8. The lowest BCUT2D eigenvalue weighted by atomic mass is 10.0. The Hall–Kier alpha value is -2.70. The molecule has 1 amide bonds. The van der Waals surface area contributed by atoms with Crippen LogP contribution in [-0.2, 0) is 26.1 Å². The molecular weight excluding hydrogens is 613 g/mol. The van der Waals surface area contributed by atoms with Crippen molar-refractivity contribution in [2.24, 2.45) is 5.92 Å². The van der Waals surface area contributed by atoms with Crippen LogP contribution in [-0.4, -0.2) is 66.5 Å². The number of fused-ring (bicyclic) bond motifs is 2. The van der Waals surface area contributed by atoms with Gasteiger partial charge in [-0.1, -0.05) is 34.5 Å². The van der Waals surface area contributed by atoms with Crippen LogP contribution in [0.5, 0.6) is 0 Å². The van der Waals surface area contributed by atoms with Gasteiger partial charge in [-0.2, -0.15) is 0 Å². The number of aromatic nitrogens is 3. The Kier molecular flexibility index (Phi) is 7.88. The summed E-state index contributed by atoms with van der Waals surface area (Å²) in [6.45, 7) is 2.01. The normalized spacial score (nSPS) is 24.0. The Balaban J connectivity index is 0.986. The first-order valence-electron chi connectivity index (χ1n) is 14.8. The largest absolute Gasteiger partial charge is 0.381 e. The summed E-state index contributed by atoms with van der Waals surface area (Å²) in [5, 5.41) is 9.33. The molecule has 0 unspecified atom stereocenters. The van der Waals surface area contributed by atoms with E-state index >= 15 is 0 Å². The maximum atomic E-state index is 12.7. The molecule has 228 valence electrons. The van der Waals surface area contributed by atoms with Crippen LogP contribution in [0.1, 0.15) is 66.2 Å². The van der Waals surface area contributed by atoms with Gasteiger partial charge >= 0.3 is 0 Å². The number of nitrogens with one attached hydrogen (secondary N) is 1. The summed E-state index contributed by atoms with van der Waals surface area (Å²) in [6, 6.07) is 12.9. The van der Waals surface area contributed by atoms with E-state index in [2.05, 4.69) is 19.9 Å². The zero-order chi connectivity index (χ0) is 29.7. The van der Waals surface area contributed by atoms with Crippen molar-refractivity contribution in [1.29, 1.82) is 0 Å². The fourth-order valence-corrected chi connectivity index (χ4v) is 8.58. The third-order valence-electron chi connectivity index (χ3n) is 9.12. The minimum absolute atomic E-state index is 0.110. The molecule has 1 N–H and O–H groups in total. The predicted molar refractivity (Wildman–Crippen MR) is 162 cm³/mol. The molecule has 43 heavy (non-hydrogen) atoms. The van der Waals surface area contributed by atoms with Gasteiger partial charge in [0.15, 0.2) is 0 Å². The highest BCUT2D eigenvalue weighted by atomic mass is 35.5. The number of amides is 1. The van der Waals surface area contributed by atoms with Crippen molar-refractivity contribution < 1.29 is 22.7 Å². The predicted octanol–water partition coefficient (Wildman–Crippen LogP) is 4.87. The van der Waals surface area contributed by atoms with Gasteiger partial charge in [0, 0.05) is 48.9 Å². The van der Waals surface area contributed by atoms with Crippen LogP contribution < -0.4 is 9.62 Å². The van der Waals surface area contributed by atoms with Crippen molar-refractivity contribution in [2.75, 3.05) is 24.7 Å². The first kappa shape index (κ1) is 29.0. The molecule has 2 saturated heterocycles. The molecule has 2 aliphatic carbocycles. The monoisotopic (exact) mass is 645 g/mol. The molecule has 2 aliphatic heterocycles. The fourth-order valence-electron chi connectivity index (χ4n) is 6.67. The number of nitrogens with zero attached hydrogens (tertiary/aromatic N) is 4. The molecule has 4 aliphatic rings. The summed E-state index contributed by atoms with van der Waals surface area (Å²) >= 11 is 13.0. The van der Waals surface area contributed by atoms with E-state index in [9.17, 15) is 13.2 Å². The van der Waals surface area contributed by atoms with E-state index in [4.69, 9.17) is 32.7 Å². The quantitative estimate of drug-likeness (QED) is 0.350. The highest BCUT2D eigenvalue weighted by Crippen LogP contribution is 2.44. The van der Waals surface area contributed by atoms with Gasteiger partial charge in [-0.15, -0.1) is 5.10 Å². The number of piperidine rings is 1. The second-order valence-electron chi connectivity index (χ2n) is 11.9. The van der Waals surface area contributed by atoms with Crippen LogP contribution >= 0.6 is 23.2 Å². The molecular formula is C30H33Cl2N5O5S. The van der Waals surface area contributed by atoms with Crippen molar-refractivity contribution >= 4 is 44.8 Å². The average molecular weight is 647 g/mol. The number of anilines is 1. The first-order chi connectivity index (χ1) is 20.8. The molecule has 7 rings (SSSR count). The Labute approximate surface area is 260 Å². The Morgan fingerprint density at radius 3 is 2.40 bits per heavy atom. The van der Waals surface area contributed by atoms with Crippen LogP contribution in [0, 0.1) is 5.92 Å². The molecule has 0 radical (unpaired) electrons. The van der Waals surface area contributed by atoms with Gasteiger partial charge < -0.3 is 14.4 Å². The first-order valence-corrected chi connectivity index (χ1v) is 17.1. The minimum Gasteiger partial charge on any atom is -0.381 e. The number of carbonyl (C=O) groups excluding carboxylic acids is 1. The molecule has 3 aromatic rings. The maximum Gasteiger partial charge on any atom is 0.264 e. The molecule has 0 spiro atoms. The van der Waals surface area contributed by atoms with E-state index in [-0.39, 0.29) is 6.10 Å². The van der Waals surface area contributed by atoms with Gasteiger partial charge in [0.2, 0.25) is 10.0 Å². The standard InChI is InChI=1S/C30H33Cl2N5O5S/c31-24-2-1-3-25(32)29(24)37-26(28(33-35-37)18-4-5-18)17-42-27-15-22-14-20(27)16-36(22)21-8-6-19(7-9-21)30(38)34-43(39,40)23-10-12-41-13-11-23/h1-3,6-9,18,20,22-23,27H,4-5,10-17H2,(H,34,38)/t20-,22-,27+/m0/s1. The third kappa shape index (κ3) is 5.78. The number of para-hydroxylation sites is 1. The van der Waals surface area contributed by atoms with Crippen molar-refractivity contribution in [3.05, 3.63) is 69.5 Å². The number of ether oxygens (including phenoxy) is 2. The van der Waals surface area contributed by atoms with Crippen LogP contribution in [0.25, 0.3) is 5.69 Å². The summed E-state index contributed by atoms with van der Waals surface area (Å²) in [4.78, 5) is 15.1. The highest BCUT2D eigenvalue weighted by molar-refractivity contribution is 7.90. The summed E-state index contributed by atoms with van der Waals surface area (Å²) in [5.74, 6) is 0.165. The molecule has 2 bridgehead atoms. The van der Waals surface area contributed by atoms with Crippen molar-refractivity contribution in [2.45, 2.75) is 68.4 Å². The van der Waals surface area contributed by atoms with Crippen molar-refractivity contribution in [1.82, 2.24) is 19.7 Å². The number of hydrogen-bond donors (Lipinski definition) is 1. The van der Waals surface area contributed by atoms with Crippen LogP contribution in [0.3, 0.4) is 0 Å². The van der Waals surface area contributed by atoms with Gasteiger partial charge in [-0.25, -0.2) is 17.8 Å². The average Bonchev–Trinajstić information content (AvgIpc) is 3.45. The number of benzene rings is 2. The SMILES string of the molecule is O=C(NS(=O)(=O)C1CCOCC1)c1ccc(N2C[C@@H]3C[C@H]2C[C@H]3OCc2c(C3CC3)nnn2-c2c(Cl)cccc2Cl)cc1. The number of hydrogen-bond acceptors (Lipinski definition) is 8. The number of carbonyl (C=O) groups is 1. The lowest BCUT2D eigenvalue weighted by molar-refractivity contribution is 0.00991. The second kappa shape index (κ2) is 11.7. The molecule has 4 fully saturated rings. The fraction of sp³-hybridized carbons (Fsp3) is 0.500. The highest BCUT2D eigenvalue weighted by Gasteiger charge is 2.45. The lowest BCUT2D eigenvalue weighted by Gasteiger charge is -2.33. The van der Waals surface area contributed by atoms with E-state index in [0.717, 1.165) is 49.3 Å². The molecule has 3 heterocycles. The van der Waals surface area contributed by atoms with E-state index in [1.807, 2.05) is 18.2 Å². The van der Waals surface area contributed by atoms with E-state index < -0.39 is 21.2 Å². The summed E-state index contributed by atoms with van der Waals surface area (Å²) in [5.41, 5.74) is 3.83. The zero-order valence-electron chi connectivity index (χ0n) is 23.5. The minimum atomic E-state index is -3.74. The Morgan fingerprint density at radius 2 is 1.74 bits per heavy atom. The number of sulfonamides is 1. The summed E-state index contributed by atoms with van der Waals surface area (Å²) in [6.07, 6.45) is 5.00. The molecule has 10 nitrogen and oxygen atoms in total. The summed E-state index contributed by atoms with van der Waals surface area (Å²) < 4.78 is 41.1. The van der Waals surface area contributed by atoms with Gasteiger partial charge in [-0.3, -0.25) is 4.79 Å². The lowest BCUT2D eigenvalue weighted by Crippen LogP contribution is -2.41. The van der Waals surface area contributed by atoms with E-state index in [1.165, 1.54) is 0 Å². The molecule has 1 aromatic heterocycles. The van der Waals surface area contributed by atoms with E-state index in [1.54, 1.807) is 28.9 Å². The molecule has 13 heteroatoms. The van der Waals surface area contributed by atoms with Gasteiger partial charge in [0.25, 0.3) is 5.91 Å². The van der Waals surface area contributed by atoms with Gasteiger partial charge in [0.1, 0.15) is 5.69 Å². The summed E-state index contributed by atoms with van der Waals surface area (Å²) in [7, 11) is -3.74. The topological polar surface area (TPSA) is 116 Å². The van der Waals surface area contributed by atoms with Crippen molar-refractivity contribution in [3.8, 4) is 5.69 Å². The van der Waals surface area contributed by atoms with Gasteiger partial charge in [0.05, 0.1) is 39.4 Å². The maximum absolute atomic E-state index is 12.7. The van der Waals surface area contributed by atoms with Crippen LogP contribution in [0.15, 0.2) is 42.5 Å². The number of halogens is 2.